The van der Waals surface area contributed by atoms with Crippen LogP contribution in [0.2, 0.25) is 0 Å². The first-order valence-electron chi connectivity index (χ1n) is 7.10. The van der Waals surface area contributed by atoms with Gasteiger partial charge in [-0.15, -0.1) is 0 Å². The Morgan fingerprint density at radius 2 is 1.76 bits per heavy atom. The lowest BCUT2D eigenvalue weighted by Crippen LogP contribution is -1.87. The number of benzene rings is 2. The van der Waals surface area contributed by atoms with Crippen LogP contribution in [0.15, 0.2) is 54.6 Å². The van der Waals surface area contributed by atoms with Crippen molar-refractivity contribution in [2.75, 3.05) is 7.11 Å². The highest BCUT2D eigenvalue weighted by Crippen LogP contribution is 2.28. The van der Waals surface area contributed by atoms with Crippen molar-refractivity contribution in [1.82, 2.24) is 9.97 Å². The molecule has 0 aliphatic heterocycles. The summed E-state index contributed by atoms with van der Waals surface area (Å²) in [4.78, 5) is 8.22. The van der Waals surface area contributed by atoms with E-state index in [-0.39, 0.29) is 0 Å². The first-order chi connectivity index (χ1) is 10.3. The molecule has 0 spiro atoms. The molecule has 0 aliphatic rings. The van der Waals surface area contributed by atoms with E-state index in [2.05, 4.69) is 30.1 Å². The third kappa shape index (κ3) is 2.68. The molecule has 0 aliphatic carbocycles. The Labute approximate surface area is 124 Å². The maximum absolute atomic E-state index is 5.30. The molecule has 0 unspecified atom stereocenters. The number of aromatic nitrogens is 2. The van der Waals surface area contributed by atoms with Crippen molar-refractivity contribution in [2.45, 2.75) is 13.3 Å². The Morgan fingerprint density at radius 1 is 1.00 bits per heavy atom. The number of ether oxygens (including phenoxy) is 1. The average molecular weight is 278 g/mol. The number of aromatic amines is 1. The minimum absolute atomic E-state index is 0.846. The Bertz CT molecular complexity index is 732. The summed E-state index contributed by atoms with van der Waals surface area (Å²) in [5.41, 5.74) is 4.31. The van der Waals surface area contributed by atoms with Crippen molar-refractivity contribution in [1.29, 1.82) is 0 Å². The Balaban J connectivity index is 2.08. The lowest BCUT2D eigenvalue weighted by Gasteiger charge is -2.03. The molecule has 0 radical (unpaired) electrons. The van der Waals surface area contributed by atoms with Crippen LogP contribution in [0.25, 0.3) is 22.6 Å². The van der Waals surface area contributed by atoms with Crippen molar-refractivity contribution in [3.8, 4) is 28.4 Å². The predicted molar refractivity (Wildman–Crippen MR) is 85.4 cm³/mol. The summed E-state index contributed by atoms with van der Waals surface area (Å²) < 4.78 is 5.30. The molecule has 0 atom stereocenters. The van der Waals surface area contributed by atoms with Gasteiger partial charge in [-0.05, 0) is 18.6 Å². The average Bonchev–Trinajstić information content (AvgIpc) is 3.00. The first kappa shape index (κ1) is 13.4. The van der Waals surface area contributed by atoms with Gasteiger partial charge in [0.15, 0.2) is 0 Å². The van der Waals surface area contributed by atoms with Crippen LogP contribution in [0.1, 0.15) is 12.6 Å². The fourth-order valence-electron chi connectivity index (χ4n) is 2.41. The number of aryl methyl sites for hydroxylation is 1. The molecule has 0 amide bonds. The van der Waals surface area contributed by atoms with E-state index < -0.39 is 0 Å². The van der Waals surface area contributed by atoms with E-state index in [4.69, 9.17) is 9.72 Å². The minimum Gasteiger partial charge on any atom is -0.497 e. The molecule has 21 heavy (non-hydrogen) atoms. The van der Waals surface area contributed by atoms with Gasteiger partial charge in [0.05, 0.1) is 12.8 Å². The number of imidazole rings is 1. The number of H-pyrrole nitrogens is 1. The van der Waals surface area contributed by atoms with Crippen LogP contribution in [0.4, 0.5) is 0 Å². The maximum Gasteiger partial charge on any atom is 0.138 e. The molecule has 1 N–H and O–H groups in total. The Morgan fingerprint density at radius 3 is 2.48 bits per heavy atom. The number of hydrogen-bond acceptors (Lipinski definition) is 2. The maximum atomic E-state index is 5.30. The van der Waals surface area contributed by atoms with E-state index in [9.17, 15) is 0 Å². The highest BCUT2D eigenvalue weighted by molar-refractivity contribution is 5.68. The summed E-state index contributed by atoms with van der Waals surface area (Å²) in [6.07, 6.45) is 0.909. The Hall–Kier alpha value is -2.55. The monoisotopic (exact) mass is 278 g/mol. The van der Waals surface area contributed by atoms with Crippen molar-refractivity contribution >= 4 is 0 Å². The van der Waals surface area contributed by atoms with Crippen molar-refractivity contribution in [2.24, 2.45) is 0 Å². The predicted octanol–water partition coefficient (Wildman–Crippen LogP) is 4.31. The van der Waals surface area contributed by atoms with Gasteiger partial charge in [-0.3, -0.25) is 0 Å². The molecular weight excluding hydrogens is 260 g/mol. The number of rotatable bonds is 4. The van der Waals surface area contributed by atoms with Crippen LogP contribution >= 0.6 is 0 Å². The van der Waals surface area contributed by atoms with Crippen molar-refractivity contribution < 1.29 is 4.74 Å². The molecule has 2 aromatic carbocycles. The van der Waals surface area contributed by atoms with E-state index in [0.717, 1.165) is 40.5 Å². The zero-order valence-corrected chi connectivity index (χ0v) is 12.3. The van der Waals surface area contributed by atoms with Crippen LogP contribution in [-0.4, -0.2) is 17.1 Å². The summed E-state index contributed by atoms with van der Waals surface area (Å²) >= 11 is 0. The molecule has 3 aromatic rings. The number of nitrogens with zero attached hydrogens (tertiary/aromatic N) is 1. The summed E-state index contributed by atoms with van der Waals surface area (Å²) in [5, 5.41) is 0. The van der Waals surface area contributed by atoms with E-state index in [1.54, 1.807) is 7.11 Å². The van der Waals surface area contributed by atoms with Gasteiger partial charge < -0.3 is 9.72 Å². The topological polar surface area (TPSA) is 37.9 Å². The van der Waals surface area contributed by atoms with Gasteiger partial charge in [0.2, 0.25) is 0 Å². The third-order valence-electron chi connectivity index (χ3n) is 3.52. The van der Waals surface area contributed by atoms with Gasteiger partial charge in [-0.25, -0.2) is 4.98 Å². The molecule has 0 saturated carbocycles. The molecule has 0 fully saturated rings. The highest BCUT2D eigenvalue weighted by atomic mass is 16.5. The standard InChI is InChI=1S/C18H18N2O/c1-3-16-17(14-10-7-11-15(12-14)21-2)20-18(19-16)13-8-5-4-6-9-13/h4-12H,3H2,1-2H3,(H,19,20). The van der Waals surface area contributed by atoms with E-state index in [0.29, 0.717) is 0 Å². The molecule has 0 bridgehead atoms. The first-order valence-corrected chi connectivity index (χ1v) is 7.10. The molecular formula is C18H18N2O. The molecule has 3 heteroatoms. The molecule has 3 rings (SSSR count). The van der Waals surface area contributed by atoms with Crippen LogP contribution in [0.5, 0.6) is 5.75 Å². The van der Waals surface area contributed by atoms with Gasteiger partial charge in [0.1, 0.15) is 11.6 Å². The lowest BCUT2D eigenvalue weighted by molar-refractivity contribution is 0.415. The van der Waals surface area contributed by atoms with Crippen LogP contribution in [-0.2, 0) is 6.42 Å². The molecule has 106 valence electrons. The third-order valence-corrected chi connectivity index (χ3v) is 3.52. The summed E-state index contributed by atoms with van der Waals surface area (Å²) in [6.45, 7) is 2.13. The number of methoxy groups -OCH3 is 1. The quantitative estimate of drug-likeness (QED) is 0.772. The smallest absolute Gasteiger partial charge is 0.138 e. The summed E-state index contributed by atoms with van der Waals surface area (Å²) in [6, 6.07) is 18.2. The lowest BCUT2D eigenvalue weighted by atomic mass is 10.1. The van der Waals surface area contributed by atoms with Gasteiger partial charge >= 0.3 is 0 Å². The SMILES string of the molecule is CCc1[nH]c(-c2ccccc2)nc1-c1cccc(OC)c1. The second kappa shape index (κ2) is 5.83. The van der Waals surface area contributed by atoms with Gasteiger partial charge in [0.25, 0.3) is 0 Å². The van der Waals surface area contributed by atoms with Crippen molar-refractivity contribution in [3.05, 3.63) is 60.3 Å². The number of nitrogens with one attached hydrogen (secondary N) is 1. The molecule has 1 heterocycles. The second-order valence-electron chi connectivity index (χ2n) is 4.86. The van der Waals surface area contributed by atoms with Crippen molar-refractivity contribution in [3.63, 3.8) is 0 Å². The molecule has 0 saturated heterocycles. The van der Waals surface area contributed by atoms with Crippen LogP contribution < -0.4 is 4.74 Å². The van der Waals surface area contributed by atoms with Gasteiger partial charge in [0, 0.05) is 16.8 Å². The fraction of sp³-hybridized carbons (Fsp3) is 0.167. The fourth-order valence-corrected chi connectivity index (χ4v) is 2.41. The van der Waals surface area contributed by atoms with E-state index in [1.165, 1.54) is 0 Å². The molecule has 3 nitrogen and oxygen atoms in total. The zero-order chi connectivity index (χ0) is 14.7. The molecule has 1 aromatic heterocycles. The Kier molecular flexibility index (Phi) is 3.73. The second-order valence-corrected chi connectivity index (χ2v) is 4.86. The van der Waals surface area contributed by atoms with E-state index >= 15 is 0 Å². The van der Waals surface area contributed by atoms with Gasteiger partial charge in [-0.1, -0.05) is 49.4 Å². The van der Waals surface area contributed by atoms with E-state index in [1.807, 2.05) is 36.4 Å². The summed E-state index contributed by atoms with van der Waals surface area (Å²) in [5.74, 6) is 1.75. The normalized spacial score (nSPS) is 10.6. The largest absolute Gasteiger partial charge is 0.497 e. The van der Waals surface area contributed by atoms with Gasteiger partial charge in [-0.2, -0.15) is 0 Å². The van der Waals surface area contributed by atoms with Crippen LogP contribution in [0, 0.1) is 0 Å². The summed E-state index contributed by atoms with van der Waals surface area (Å²) in [7, 11) is 1.68. The van der Waals surface area contributed by atoms with Crippen LogP contribution in [0.3, 0.4) is 0 Å². The minimum atomic E-state index is 0.846. The zero-order valence-electron chi connectivity index (χ0n) is 12.3. The number of hydrogen-bond donors (Lipinski definition) is 1. The highest BCUT2D eigenvalue weighted by Gasteiger charge is 2.12.